The highest BCUT2D eigenvalue weighted by Crippen LogP contribution is 2.31. The Bertz CT molecular complexity index is 1120. The van der Waals surface area contributed by atoms with Crippen molar-refractivity contribution >= 4 is 39.1 Å². The van der Waals surface area contributed by atoms with Crippen molar-refractivity contribution in [2.45, 2.75) is 30.8 Å². The first kappa shape index (κ1) is 22.9. The summed E-state index contributed by atoms with van der Waals surface area (Å²) in [5, 5.41) is 0.417. The molecule has 1 aliphatic rings. The number of carbonyl (C=O) groups is 1. The van der Waals surface area contributed by atoms with Crippen molar-refractivity contribution in [1.82, 2.24) is 9.21 Å². The van der Waals surface area contributed by atoms with Crippen molar-refractivity contribution in [3.63, 3.8) is 0 Å². The van der Waals surface area contributed by atoms with E-state index in [0.717, 1.165) is 0 Å². The lowest BCUT2D eigenvalue weighted by atomic mass is 9.96. The van der Waals surface area contributed by atoms with Crippen molar-refractivity contribution in [1.29, 1.82) is 0 Å². The van der Waals surface area contributed by atoms with Crippen molar-refractivity contribution in [2.24, 2.45) is 5.92 Å². The van der Waals surface area contributed by atoms with Gasteiger partial charge in [0.05, 0.1) is 30.6 Å². The van der Waals surface area contributed by atoms with Crippen molar-refractivity contribution in [2.75, 3.05) is 13.1 Å². The van der Waals surface area contributed by atoms with E-state index in [1.54, 1.807) is 35.6 Å². The number of halogens is 2. The van der Waals surface area contributed by atoms with E-state index in [2.05, 4.69) is 0 Å². The molecule has 1 aliphatic heterocycles. The molecule has 0 aliphatic carbocycles. The molecule has 7 nitrogen and oxygen atoms in total. The Kier molecular flexibility index (Phi) is 6.95. The van der Waals surface area contributed by atoms with Gasteiger partial charge in [0.15, 0.2) is 0 Å². The molecule has 3 heterocycles. The summed E-state index contributed by atoms with van der Waals surface area (Å²) in [7, 11) is -3.80. The van der Waals surface area contributed by atoms with Crippen LogP contribution in [0.15, 0.2) is 68.7 Å². The van der Waals surface area contributed by atoms with Gasteiger partial charge in [-0.05, 0) is 55.3 Å². The molecular weight excluding hydrogens is 475 g/mol. The van der Waals surface area contributed by atoms with Crippen molar-refractivity contribution in [3.05, 3.63) is 76.6 Å². The molecule has 170 valence electrons. The zero-order valence-corrected chi connectivity index (χ0v) is 19.4. The maximum atomic E-state index is 13.3. The lowest BCUT2D eigenvalue weighted by Gasteiger charge is -2.33. The maximum Gasteiger partial charge on any atom is 0.244 e. The number of piperidine rings is 1. The van der Waals surface area contributed by atoms with Crippen LogP contribution in [0.1, 0.15) is 24.4 Å². The number of rotatable bonds is 7. The summed E-state index contributed by atoms with van der Waals surface area (Å²) in [6, 6.07) is 11.5. The predicted molar refractivity (Wildman–Crippen MR) is 120 cm³/mol. The van der Waals surface area contributed by atoms with Crippen LogP contribution in [0, 0.1) is 5.92 Å². The first-order valence-electron chi connectivity index (χ1n) is 10.1. The number of amides is 1. The van der Waals surface area contributed by atoms with Gasteiger partial charge in [-0.1, -0.05) is 23.2 Å². The first-order valence-corrected chi connectivity index (χ1v) is 12.3. The third-order valence-corrected chi connectivity index (χ3v) is 8.09. The number of benzene rings is 1. The summed E-state index contributed by atoms with van der Waals surface area (Å²) in [5.74, 6) is 0.970. The van der Waals surface area contributed by atoms with Gasteiger partial charge in [0.1, 0.15) is 16.4 Å². The standard InChI is InChI=1S/C22H22Cl2N2O5S/c23-17-5-6-20(24)21(13-17)32(28,29)26-9-7-16(8-10-26)22(27)25(14-18-3-1-11-30-18)15-19-4-2-12-31-19/h1-6,11-13,16H,7-10,14-15H2. The van der Waals surface area contributed by atoms with Gasteiger partial charge in [-0.2, -0.15) is 4.31 Å². The highest BCUT2D eigenvalue weighted by Gasteiger charge is 2.35. The van der Waals surface area contributed by atoms with Gasteiger partial charge in [-0.15, -0.1) is 0 Å². The van der Waals surface area contributed by atoms with Crippen molar-refractivity contribution < 1.29 is 22.0 Å². The highest BCUT2D eigenvalue weighted by molar-refractivity contribution is 7.89. The van der Waals surface area contributed by atoms with Crippen LogP contribution >= 0.6 is 23.2 Å². The Labute approximate surface area is 196 Å². The van der Waals surface area contributed by atoms with Gasteiger partial charge in [0.2, 0.25) is 15.9 Å². The molecule has 3 aromatic rings. The summed E-state index contributed by atoms with van der Waals surface area (Å²) >= 11 is 12.1. The van der Waals surface area contributed by atoms with Crippen LogP contribution in [0.5, 0.6) is 0 Å². The smallest absolute Gasteiger partial charge is 0.244 e. The molecule has 0 spiro atoms. The molecule has 0 bridgehead atoms. The van der Waals surface area contributed by atoms with E-state index in [-0.39, 0.29) is 34.8 Å². The van der Waals surface area contributed by atoms with E-state index in [9.17, 15) is 13.2 Å². The maximum absolute atomic E-state index is 13.3. The van der Waals surface area contributed by atoms with Crippen LogP contribution in [0.2, 0.25) is 10.0 Å². The van der Waals surface area contributed by atoms with Crippen LogP contribution in [0.3, 0.4) is 0 Å². The van der Waals surface area contributed by atoms with Crippen LogP contribution in [-0.4, -0.2) is 36.6 Å². The molecule has 1 aromatic carbocycles. The zero-order valence-electron chi connectivity index (χ0n) is 17.1. The van der Waals surface area contributed by atoms with Gasteiger partial charge in [0, 0.05) is 24.0 Å². The molecule has 1 saturated heterocycles. The highest BCUT2D eigenvalue weighted by atomic mass is 35.5. The Balaban J connectivity index is 1.45. The molecule has 0 radical (unpaired) electrons. The van der Waals surface area contributed by atoms with Crippen LogP contribution < -0.4 is 0 Å². The van der Waals surface area contributed by atoms with E-state index in [1.165, 1.54) is 16.4 Å². The lowest BCUT2D eigenvalue weighted by molar-refractivity contribution is -0.138. The molecule has 1 fully saturated rings. The molecule has 10 heteroatoms. The Morgan fingerprint density at radius 3 is 2.12 bits per heavy atom. The summed E-state index contributed by atoms with van der Waals surface area (Å²) in [6.45, 7) is 1.06. The number of nitrogens with zero attached hydrogens (tertiary/aromatic N) is 2. The average molecular weight is 497 g/mol. The number of carbonyl (C=O) groups excluding carboxylic acids is 1. The largest absolute Gasteiger partial charge is 0.467 e. The predicted octanol–water partition coefficient (Wildman–Crippen LogP) is 4.81. The van der Waals surface area contributed by atoms with E-state index >= 15 is 0 Å². The lowest BCUT2D eigenvalue weighted by Crippen LogP contribution is -2.44. The van der Waals surface area contributed by atoms with E-state index in [1.807, 2.05) is 12.1 Å². The quantitative estimate of drug-likeness (QED) is 0.468. The monoisotopic (exact) mass is 496 g/mol. The number of hydrogen-bond acceptors (Lipinski definition) is 5. The number of furan rings is 2. The molecule has 4 rings (SSSR count). The number of hydrogen-bond donors (Lipinski definition) is 0. The third-order valence-electron chi connectivity index (χ3n) is 5.48. The molecule has 0 N–H and O–H groups in total. The normalized spacial score (nSPS) is 15.7. The molecular formula is C22H22Cl2N2O5S. The SMILES string of the molecule is O=C(C1CCN(S(=O)(=O)c2cc(Cl)ccc2Cl)CC1)N(Cc1ccco1)Cc1ccco1. The Hall–Kier alpha value is -2.26. The van der Waals surface area contributed by atoms with E-state index in [4.69, 9.17) is 32.0 Å². The summed E-state index contributed by atoms with van der Waals surface area (Å²) in [6.07, 6.45) is 3.94. The molecule has 2 aromatic heterocycles. The fourth-order valence-corrected chi connectivity index (χ4v) is 6.02. The van der Waals surface area contributed by atoms with E-state index in [0.29, 0.717) is 42.5 Å². The Morgan fingerprint density at radius 1 is 1.00 bits per heavy atom. The van der Waals surface area contributed by atoms with Gasteiger partial charge in [-0.25, -0.2) is 8.42 Å². The zero-order chi connectivity index (χ0) is 22.7. The van der Waals surface area contributed by atoms with Crippen molar-refractivity contribution in [3.8, 4) is 0 Å². The topological polar surface area (TPSA) is 84.0 Å². The minimum absolute atomic E-state index is 0.0197. The molecule has 32 heavy (non-hydrogen) atoms. The molecule has 0 unspecified atom stereocenters. The van der Waals surface area contributed by atoms with Gasteiger partial charge >= 0.3 is 0 Å². The minimum Gasteiger partial charge on any atom is -0.467 e. The number of sulfonamides is 1. The van der Waals surface area contributed by atoms with Crippen LogP contribution in [-0.2, 0) is 27.9 Å². The summed E-state index contributed by atoms with van der Waals surface area (Å²) in [5.41, 5.74) is 0. The summed E-state index contributed by atoms with van der Waals surface area (Å²) < 4.78 is 38.3. The second-order valence-electron chi connectivity index (χ2n) is 7.61. The average Bonchev–Trinajstić information content (AvgIpc) is 3.49. The fourth-order valence-electron chi connectivity index (χ4n) is 3.81. The molecule has 1 amide bonds. The molecule has 0 atom stereocenters. The Morgan fingerprint density at radius 2 is 1.59 bits per heavy atom. The van der Waals surface area contributed by atoms with Gasteiger partial charge < -0.3 is 13.7 Å². The van der Waals surface area contributed by atoms with Crippen LogP contribution in [0.25, 0.3) is 0 Å². The van der Waals surface area contributed by atoms with E-state index < -0.39 is 10.0 Å². The second kappa shape index (κ2) is 9.70. The second-order valence-corrected chi connectivity index (χ2v) is 10.4. The minimum atomic E-state index is -3.80. The van der Waals surface area contributed by atoms with Gasteiger partial charge in [-0.3, -0.25) is 4.79 Å². The third kappa shape index (κ3) is 5.04. The molecule has 0 saturated carbocycles. The van der Waals surface area contributed by atoms with Crippen LogP contribution in [0.4, 0.5) is 0 Å². The fraction of sp³-hybridized carbons (Fsp3) is 0.318. The summed E-state index contributed by atoms with van der Waals surface area (Å²) in [4.78, 5) is 15.0. The van der Waals surface area contributed by atoms with Gasteiger partial charge in [0.25, 0.3) is 0 Å². The first-order chi connectivity index (χ1) is 15.3.